The van der Waals surface area contributed by atoms with E-state index in [0.29, 0.717) is 18.1 Å². The van der Waals surface area contributed by atoms with Crippen molar-refractivity contribution in [3.05, 3.63) is 29.8 Å². The van der Waals surface area contributed by atoms with E-state index in [9.17, 15) is 9.59 Å². The first-order valence-corrected chi connectivity index (χ1v) is 7.25. The summed E-state index contributed by atoms with van der Waals surface area (Å²) in [5.74, 6) is 0.324. The Balaban J connectivity index is 2.42. The van der Waals surface area contributed by atoms with Crippen molar-refractivity contribution in [1.82, 2.24) is 5.32 Å². The van der Waals surface area contributed by atoms with Gasteiger partial charge < -0.3 is 10.1 Å². The van der Waals surface area contributed by atoms with Crippen LogP contribution in [-0.4, -0.2) is 18.4 Å². The molecule has 1 amide bonds. The van der Waals surface area contributed by atoms with Gasteiger partial charge in [-0.2, -0.15) is 0 Å². The highest BCUT2D eigenvalue weighted by Gasteiger charge is 2.16. The predicted molar refractivity (Wildman–Crippen MR) is 83.2 cm³/mol. The predicted octanol–water partition coefficient (Wildman–Crippen LogP) is 3.27. The lowest BCUT2D eigenvalue weighted by atomic mass is 9.92. The molecule has 0 heterocycles. The summed E-state index contributed by atoms with van der Waals surface area (Å²) in [5, 5.41) is 2.58. The molecule has 0 saturated heterocycles. The van der Waals surface area contributed by atoms with E-state index in [-0.39, 0.29) is 17.9 Å². The van der Waals surface area contributed by atoms with Crippen molar-refractivity contribution in [3.63, 3.8) is 0 Å². The average molecular weight is 291 g/mol. The largest absolute Gasteiger partial charge is 0.425 e. The molecule has 1 aromatic rings. The van der Waals surface area contributed by atoms with Crippen LogP contribution in [0.25, 0.3) is 0 Å². The van der Waals surface area contributed by atoms with E-state index in [0.717, 1.165) is 0 Å². The van der Waals surface area contributed by atoms with Crippen LogP contribution in [0.1, 0.15) is 52.5 Å². The van der Waals surface area contributed by atoms with Crippen molar-refractivity contribution in [3.8, 4) is 5.75 Å². The molecule has 0 bridgehead atoms. The summed E-state index contributed by atoms with van der Waals surface area (Å²) in [6, 6.07) is 7.41. The third-order valence-electron chi connectivity index (χ3n) is 2.90. The summed E-state index contributed by atoms with van der Waals surface area (Å²) in [6.07, 6.45) is 0.378. The molecule has 0 aliphatic heterocycles. The van der Waals surface area contributed by atoms with E-state index in [1.807, 2.05) is 32.9 Å². The van der Waals surface area contributed by atoms with Crippen LogP contribution in [0.15, 0.2) is 24.3 Å². The topological polar surface area (TPSA) is 55.4 Å². The van der Waals surface area contributed by atoms with Gasteiger partial charge in [-0.25, -0.2) is 4.79 Å². The fourth-order valence-electron chi connectivity index (χ4n) is 1.80. The van der Waals surface area contributed by atoms with Gasteiger partial charge in [0.25, 0.3) is 0 Å². The molecule has 0 atom stereocenters. The molecule has 0 spiro atoms. The van der Waals surface area contributed by atoms with E-state index in [4.69, 9.17) is 4.74 Å². The molecule has 1 N–H and O–H groups in total. The zero-order chi connectivity index (χ0) is 16.0. The molecule has 116 valence electrons. The second-order valence-electron chi connectivity index (χ2n) is 6.71. The van der Waals surface area contributed by atoms with Gasteiger partial charge in [-0.15, -0.1) is 0 Å². The minimum Gasteiger partial charge on any atom is -0.425 e. The maximum absolute atomic E-state index is 11.7. The van der Waals surface area contributed by atoms with Crippen LogP contribution in [-0.2, 0) is 9.59 Å². The van der Waals surface area contributed by atoms with Crippen LogP contribution in [0.2, 0.25) is 0 Å². The van der Waals surface area contributed by atoms with Gasteiger partial charge in [0.1, 0.15) is 12.3 Å². The number of hydrogen-bond acceptors (Lipinski definition) is 3. The summed E-state index contributed by atoms with van der Waals surface area (Å²) in [7, 11) is 0. The number of benzene rings is 1. The quantitative estimate of drug-likeness (QED) is 0.669. The lowest BCUT2D eigenvalue weighted by Gasteiger charge is -2.17. The number of amides is 1. The SMILES string of the molecule is CC(C)c1ccc(OC(=O)CNC(=O)CC(C)(C)C)cc1. The lowest BCUT2D eigenvalue weighted by molar-refractivity contribution is -0.136. The third-order valence-corrected chi connectivity index (χ3v) is 2.90. The van der Waals surface area contributed by atoms with Gasteiger partial charge in [-0.05, 0) is 29.0 Å². The summed E-state index contributed by atoms with van der Waals surface area (Å²) in [5.41, 5.74) is 1.09. The molecule has 0 aliphatic rings. The summed E-state index contributed by atoms with van der Waals surface area (Å²) in [4.78, 5) is 23.3. The number of rotatable bonds is 5. The third kappa shape index (κ3) is 6.93. The molecular weight excluding hydrogens is 266 g/mol. The number of nitrogens with one attached hydrogen (secondary N) is 1. The summed E-state index contributed by atoms with van der Waals surface area (Å²) in [6.45, 7) is 10.0. The minimum atomic E-state index is -0.463. The van der Waals surface area contributed by atoms with Crippen LogP contribution in [0.4, 0.5) is 0 Å². The Morgan fingerprint density at radius 2 is 1.71 bits per heavy atom. The number of carbonyl (C=O) groups excluding carboxylic acids is 2. The number of hydrogen-bond donors (Lipinski definition) is 1. The molecule has 21 heavy (non-hydrogen) atoms. The van der Waals surface area contributed by atoms with Crippen molar-refractivity contribution < 1.29 is 14.3 Å². The van der Waals surface area contributed by atoms with Gasteiger partial charge in [-0.1, -0.05) is 46.8 Å². The van der Waals surface area contributed by atoms with Crippen molar-refractivity contribution in [2.45, 2.75) is 47.0 Å². The Bertz CT molecular complexity index is 484. The lowest BCUT2D eigenvalue weighted by Crippen LogP contribution is -2.33. The van der Waals surface area contributed by atoms with Crippen LogP contribution < -0.4 is 10.1 Å². The van der Waals surface area contributed by atoms with E-state index in [1.165, 1.54) is 5.56 Å². The van der Waals surface area contributed by atoms with Crippen LogP contribution >= 0.6 is 0 Å². The molecular formula is C17H25NO3. The normalized spacial score (nSPS) is 11.3. The molecule has 0 radical (unpaired) electrons. The molecule has 4 nitrogen and oxygen atoms in total. The number of ether oxygens (including phenoxy) is 1. The van der Waals surface area contributed by atoms with Crippen molar-refractivity contribution in [2.75, 3.05) is 6.54 Å². The summed E-state index contributed by atoms with van der Waals surface area (Å²) < 4.78 is 5.18. The maximum Gasteiger partial charge on any atom is 0.330 e. The first-order chi connectivity index (χ1) is 9.67. The fraction of sp³-hybridized carbons (Fsp3) is 0.529. The van der Waals surface area contributed by atoms with Crippen molar-refractivity contribution in [2.24, 2.45) is 5.41 Å². The van der Waals surface area contributed by atoms with E-state index in [2.05, 4.69) is 19.2 Å². The Labute approximate surface area is 126 Å². The second-order valence-corrected chi connectivity index (χ2v) is 6.71. The Morgan fingerprint density at radius 3 is 2.19 bits per heavy atom. The van der Waals surface area contributed by atoms with Gasteiger partial charge in [0.05, 0.1) is 0 Å². The van der Waals surface area contributed by atoms with Gasteiger partial charge in [0.2, 0.25) is 5.91 Å². The average Bonchev–Trinajstić information content (AvgIpc) is 2.35. The molecule has 0 unspecified atom stereocenters. The smallest absolute Gasteiger partial charge is 0.330 e. The standard InChI is InChI=1S/C17H25NO3/c1-12(2)13-6-8-14(9-7-13)21-16(20)11-18-15(19)10-17(3,4)5/h6-9,12H,10-11H2,1-5H3,(H,18,19). The zero-order valence-corrected chi connectivity index (χ0v) is 13.5. The van der Waals surface area contributed by atoms with Gasteiger partial charge in [-0.3, -0.25) is 4.79 Å². The van der Waals surface area contributed by atoms with E-state index < -0.39 is 5.97 Å². The van der Waals surface area contributed by atoms with Crippen molar-refractivity contribution >= 4 is 11.9 Å². The molecule has 0 saturated carbocycles. The molecule has 1 rings (SSSR count). The van der Waals surface area contributed by atoms with Gasteiger partial charge in [0.15, 0.2) is 0 Å². The zero-order valence-electron chi connectivity index (χ0n) is 13.5. The first kappa shape index (κ1) is 17.2. The van der Waals surface area contributed by atoms with E-state index >= 15 is 0 Å². The van der Waals surface area contributed by atoms with E-state index in [1.54, 1.807) is 12.1 Å². The highest BCUT2D eigenvalue weighted by Crippen LogP contribution is 2.19. The molecule has 0 aliphatic carbocycles. The number of esters is 1. The number of carbonyl (C=O) groups is 2. The summed E-state index contributed by atoms with van der Waals surface area (Å²) >= 11 is 0. The van der Waals surface area contributed by atoms with Crippen LogP contribution in [0.3, 0.4) is 0 Å². The van der Waals surface area contributed by atoms with Crippen LogP contribution in [0.5, 0.6) is 5.75 Å². The maximum atomic E-state index is 11.7. The van der Waals surface area contributed by atoms with Crippen molar-refractivity contribution in [1.29, 1.82) is 0 Å². The monoisotopic (exact) mass is 291 g/mol. The highest BCUT2D eigenvalue weighted by atomic mass is 16.5. The van der Waals surface area contributed by atoms with Gasteiger partial charge in [0, 0.05) is 6.42 Å². The first-order valence-electron chi connectivity index (χ1n) is 7.25. The van der Waals surface area contributed by atoms with Gasteiger partial charge >= 0.3 is 5.97 Å². The Morgan fingerprint density at radius 1 is 1.14 bits per heavy atom. The Hall–Kier alpha value is -1.84. The van der Waals surface area contributed by atoms with Crippen LogP contribution in [0, 0.1) is 5.41 Å². The fourth-order valence-corrected chi connectivity index (χ4v) is 1.80. The Kier molecular flexibility index (Phi) is 5.94. The second kappa shape index (κ2) is 7.25. The minimum absolute atomic E-state index is 0.0966. The molecule has 1 aromatic carbocycles. The molecule has 4 heteroatoms. The molecule has 0 aromatic heterocycles. The highest BCUT2D eigenvalue weighted by molar-refractivity contribution is 5.83. The molecule has 0 fully saturated rings.